The highest BCUT2D eigenvalue weighted by molar-refractivity contribution is 5.91. The van der Waals surface area contributed by atoms with Gasteiger partial charge in [0.25, 0.3) is 5.91 Å². The first kappa shape index (κ1) is 12.3. The average Bonchev–Trinajstić information content (AvgIpc) is 3.00. The molecule has 7 heteroatoms. The van der Waals surface area contributed by atoms with Crippen molar-refractivity contribution in [3.63, 3.8) is 0 Å². The lowest BCUT2D eigenvalue weighted by Gasteiger charge is -2.03. The number of hydrogen-bond acceptors (Lipinski definition) is 5. The van der Waals surface area contributed by atoms with Crippen molar-refractivity contribution < 1.29 is 9.32 Å². The van der Waals surface area contributed by atoms with Crippen molar-refractivity contribution in [2.45, 2.75) is 26.3 Å². The lowest BCUT2D eigenvalue weighted by Crippen LogP contribution is -2.30. The Morgan fingerprint density at radius 1 is 1.61 bits per heavy atom. The van der Waals surface area contributed by atoms with Crippen LogP contribution in [0.25, 0.3) is 0 Å². The lowest BCUT2D eigenvalue weighted by atomic mass is 10.3. The van der Waals surface area contributed by atoms with Gasteiger partial charge in [0, 0.05) is 24.9 Å². The Morgan fingerprint density at radius 3 is 3.17 bits per heavy atom. The fourth-order valence-electron chi connectivity index (χ4n) is 1.67. The van der Waals surface area contributed by atoms with E-state index in [4.69, 9.17) is 10.4 Å². The number of carbonyl (C=O) groups excluding carboxylic acids is 1. The van der Waals surface area contributed by atoms with Crippen LogP contribution >= 0.6 is 0 Å². The highest BCUT2D eigenvalue weighted by Crippen LogP contribution is 2.09. The molecule has 7 nitrogen and oxygen atoms in total. The number of nitrogens with zero attached hydrogens (tertiary/aromatic N) is 3. The maximum atomic E-state index is 11.2. The molecular weight excluding hydrogens is 234 g/mol. The molecule has 2 heterocycles. The van der Waals surface area contributed by atoms with E-state index in [9.17, 15) is 4.79 Å². The molecular formula is C11H15N5O2. The zero-order chi connectivity index (χ0) is 13.0. The molecule has 2 aromatic rings. The lowest BCUT2D eigenvalue weighted by molar-refractivity contribution is 0.0944. The first-order valence-corrected chi connectivity index (χ1v) is 5.71. The molecule has 0 fully saturated rings. The van der Waals surface area contributed by atoms with Gasteiger partial charge in [-0.25, -0.2) is 10.8 Å². The molecule has 0 aliphatic rings. The molecule has 18 heavy (non-hydrogen) atoms. The number of aromatic nitrogens is 3. The van der Waals surface area contributed by atoms with Crippen molar-refractivity contribution in [1.82, 2.24) is 20.1 Å². The third-order valence-corrected chi connectivity index (χ3v) is 2.52. The van der Waals surface area contributed by atoms with Crippen LogP contribution in [0.4, 0.5) is 0 Å². The Labute approximate surface area is 104 Å². The number of imidazole rings is 1. The van der Waals surface area contributed by atoms with Gasteiger partial charge >= 0.3 is 0 Å². The van der Waals surface area contributed by atoms with Crippen molar-refractivity contribution in [3.8, 4) is 0 Å². The predicted octanol–water partition coefficient (Wildman–Crippen LogP) is 0.475. The van der Waals surface area contributed by atoms with E-state index in [0.717, 1.165) is 18.7 Å². The summed E-state index contributed by atoms with van der Waals surface area (Å²) in [6.45, 7) is 2.59. The van der Waals surface area contributed by atoms with E-state index in [2.05, 4.69) is 17.1 Å². The number of hydrogen-bond donors (Lipinski definition) is 2. The maximum absolute atomic E-state index is 11.2. The van der Waals surface area contributed by atoms with Gasteiger partial charge in [0.15, 0.2) is 11.5 Å². The van der Waals surface area contributed by atoms with E-state index in [1.54, 1.807) is 12.3 Å². The molecule has 0 aliphatic heterocycles. The number of carbonyl (C=O) groups is 1. The van der Waals surface area contributed by atoms with Gasteiger partial charge in [0.1, 0.15) is 5.82 Å². The fourth-order valence-corrected chi connectivity index (χ4v) is 1.67. The molecule has 2 rings (SSSR count). The molecule has 0 bridgehead atoms. The third kappa shape index (κ3) is 2.57. The number of nitrogens with two attached hydrogens (primary N) is 1. The molecule has 1 amide bonds. The van der Waals surface area contributed by atoms with Crippen molar-refractivity contribution >= 4 is 5.91 Å². The number of hydrazine groups is 1. The smallest absolute Gasteiger partial charge is 0.287 e. The minimum Gasteiger partial charge on any atom is -0.359 e. The number of aryl methyl sites for hydroxylation is 1. The second-order valence-electron chi connectivity index (χ2n) is 3.87. The second-order valence-corrected chi connectivity index (χ2v) is 3.87. The molecule has 0 atom stereocenters. The Balaban J connectivity index is 2.11. The van der Waals surface area contributed by atoms with Crippen molar-refractivity contribution in [3.05, 3.63) is 35.7 Å². The van der Waals surface area contributed by atoms with E-state index < -0.39 is 5.91 Å². The van der Waals surface area contributed by atoms with Gasteiger partial charge in [-0.2, -0.15) is 0 Å². The summed E-state index contributed by atoms with van der Waals surface area (Å²) in [5, 5.41) is 3.64. The molecule has 0 saturated carbocycles. The van der Waals surface area contributed by atoms with E-state index in [0.29, 0.717) is 12.3 Å². The first-order chi connectivity index (χ1) is 8.74. The van der Waals surface area contributed by atoms with E-state index in [1.807, 2.05) is 16.2 Å². The van der Waals surface area contributed by atoms with Gasteiger partial charge < -0.3 is 9.09 Å². The topological polar surface area (TPSA) is 99.0 Å². The Bertz CT molecular complexity index is 531. The number of nitrogens with one attached hydrogen (secondary N) is 1. The summed E-state index contributed by atoms with van der Waals surface area (Å²) in [5.74, 6) is 6.12. The zero-order valence-corrected chi connectivity index (χ0v) is 10.1. The summed E-state index contributed by atoms with van der Waals surface area (Å²) in [6.07, 6.45) is 5.54. The Kier molecular flexibility index (Phi) is 3.73. The highest BCUT2D eigenvalue weighted by Gasteiger charge is 2.12. The van der Waals surface area contributed by atoms with Gasteiger partial charge in [-0.1, -0.05) is 12.1 Å². The van der Waals surface area contributed by atoms with Gasteiger partial charge in [0.2, 0.25) is 0 Å². The minimum atomic E-state index is -0.468. The van der Waals surface area contributed by atoms with Crippen molar-refractivity contribution in [1.29, 1.82) is 0 Å². The summed E-state index contributed by atoms with van der Waals surface area (Å²) >= 11 is 0. The van der Waals surface area contributed by atoms with Gasteiger partial charge in [-0.3, -0.25) is 10.2 Å². The average molecular weight is 249 g/mol. The van der Waals surface area contributed by atoms with Gasteiger partial charge in [-0.05, 0) is 6.42 Å². The molecule has 96 valence electrons. The first-order valence-electron chi connectivity index (χ1n) is 5.71. The molecule has 2 aromatic heterocycles. The summed E-state index contributed by atoms with van der Waals surface area (Å²) < 4.78 is 7.05. The maximum Gasteiger partial charge on any atom is 0.287 e. The standard InChI is InChI=1S/C11H15N5O2/c1-2-3-10-13-4-5-16(10)7-8-6-9(15-18-8)11(17)14-12/h4-6H,2-3,7,12H2,1H3,(H,14,17). The molecule has 0 aliphatic carbocycles. The second kappa shape index (κ2) is 5.46. The van der Waals surface area contributed by atoms with Crippen LogP contribution < -0.4 is 11.3 Å². The van der Waals surface area contributed by atoms with E-state index >= 15 is 0 Å². The monoisotopic (exact) mass is 249 g/mol. The number of rotatable bonds is 5. The SMILES string of the molecule is CCCc1nccn1Cc1cc(C(=O)NN)no1. The van der Waals surface area contributed by atoms with Crippen molar-refractivity contribution in [2.75, 3.05) is 0 Å². The van der Waals surface area contributed by atoms with Crippen LogP contribution in [0.1, 0.15) is 35.4 Å². The van der Waals surface area contributed by atoms with Gasteiger partial charge in [0.05, 0.1) is 6.54 Å². The van der Waals surface area contributed by atoms with Crippen LogP contribution in [0.3, 0.4) is 0 Å². The largest absolute Gasteiger partial charge is 0.359 e. The normalized spacial score (nSPS) is 10.6. The Morgan fingerprint density at radius 2 is 2.44 bits per heavy atom. The van der Waals surface area contributed by atoms with Crippen LogP contribution in [0.15, 0.2) is 23.0 Å². The number of amides is 1. The van der Waals surface area contributed by atoms with Crippen LogP contribution in [-0.2, 0) is 13.0 Å². The molecule has 0 unspecified atom stereocenters. The predicted molar refractivity (Wildman–Crippen MR) is 63.5 cm³/mol. The number of nitrogen functional groups attached to an aromatic ring is 1. The molecule has 3 N–H and O–H groups in total. The fraction of sp³-hybridized carbons (Fsp3) is 0.364. The quantitative estimate of drug-likeness (QED) is 0.456. The third-order valence-electron chi connectivity index (χ3n) is 2.52. The summed E-state index contributed by atoms with van der Waals surface area (Å²) in [7, 11) is 0. The summed E-state index contributed by atoms with van der Waals surface area (Å²) in [5.41, 5.74) is 2.18. The Hall–Kier alpha value is -2.15. The molecule has 0 radical (unpaired) electrons. The molecule has 0 spiro atoms. The van der Waals surface area contributed by atoms with E-state index in [1.165, 1.54) is 0 Å². The molecule has 0 saturated heterocycles. The zero-order valence-electron chi connectivity index (χ0n) is 10.1. The van der Waals surface area contributed by atoms with E-state index in [-0.39, 0.29) is 5.69 Å². The van der Waals surface area contributed by atoms with Gasteiger partial charge in [-0.15, -0.1) is 0 Å². The summed E-state index contributed by atoms with van der Waals surface area (Å²) in [4.78, 5) is 15.5. The van der Waals surface area contributed by atoms with Crippen LogP contribution in [0.5, 0.6) is 0 Å². The minimum absolute atomic E-state index is 0.171. The highest BCUT2D eigenvalue weighted by atomic mass is 16.5. The summed E-state index contributed by atoms with van der Waals surface area (Å²) in [6, 6.07) is 1.57. The van der Waals surface area contributed by atoms with Crippen LogP contribution in [-0.4, -0.2) is 20.6 Å². The van der Waals surface area contributed by atoms with Crippen LogP contribution in [0.2, 0.25) is 0 Å². The van der Waals surface area contributed by atoms with Crippen molar-refractivity contribution in [2.24, 2.45) is 5.84 Å². The molecule has 0 aromatic carbocycles. The van der Waals surface area contributed by atoms with Crippen LogP contribution in [0, 0.1) is 0 Å².